The smallest absolute Gasteiger partial charge is 0.410 e. The SMILES string of the molecule is CCNC(=NCCS(=O)(=O)NCC1CCC1)NC1CCCN(C(=O)OC(C)(C)C)C1. The normalized spacial score (nSPS) is 21.1. The highest BCUT2D eigenvalue weighted by atomic mass is 32.2. The van der Waals surface area contributed by atoms with Crippen molar-refractivity contribution in [3.05, 3.63) is 0 Å². The molecule has 174 valence electrons. The highest BCUT2D eigenvalue weighted by Crippen LogP contribution is 2.25. The Bertz CT molecular complexity index is 686. The largest absolute Gasteiger partial charge is 0.444 e. The van der Waals surface area contributed by atoms with Gasteiger partial charge in [0.05, 0.1) is 12.3 Å². The Hall–Kier alpha value is -1.55. The topological polar surface area (TPSA) is 112 Å². The first kappa shape index (κ1) is 24.7. The first-order chi connectivity index (χ1) is 14.1. The summed E-state index contributed by atoms with van der Waals surface area (Å²) in [5.41, 5.74) is -0.522. The standard InChI is InChI=1S/C20H39N5O4S/c1-5-21-18(22-11-13-30(27,28)23-14-16-8-6-9-16)24-17-10-7-12-25(15-17)19(26)29-20(2,3)4/h16-17,23H,5-15H2,1-4H3,(H2,21,22,24). The van der Waals surface area contributed by atoms with Crippen LogP contribution in [0, 0.1) is 5.92 Å². The fourth-order valence-corrected chi connectivity index (χ4v) is 4.36. The van der Waals surface area contributed by atoms with Crippen LogP contribution in [0.4, 0.5) is 4.79 Å². The molecule has 1 saturated carbocycles. The molecule has 0 radical (unpaired) electrons. The van der Waals surface area contributed by atoms with E-state index < -0.39 is 15.6 Å². The molecule has 2 aliphatic rings. The molecule has 2 rings (SSSR count). The van der Waals surface area contributed by atoms with Gasteiger partial charge in [-0.2, -0.15) is 0 Å². The zero-order chi connectivity index (χ0) is 22.2. The third kappa shape index (κ3) is 9.07. The van der Waals surface area contributed by atoms with Gasteiger partial charge in [-0.1, -0.05) is 6.42 Å². The monoisotopic (exact) mass is 445 g/mol. The summed E-state index contributed by atoms with van der Waals surface area (Å²) in [7, 11) is -3.32. The highest BCUT2D eigenvalue weighted by Gasteiger charge is 2.28. The number of piperidine rings is 1. The molecular formula is C20H39N5O4S. The van der Waals surface area contributed by atoms with Crippen LogP contribution in [0.1, 0.15) is 59.8 Å². The molecule has 10 heteroatoms. The number of ether oxygens (including phenoxy) is 1. The molecule has 1 aliphatic carbocycles. The van der Waals surface area contributed by atoms with Crippen molar-refractivity contribution < 1.29 is 17.9 Å². The molecule has 30 heavy (non-hydrogen) atoms. The lowest BCUT2D eigenvalue weighted by atomic mass is 9.86. The van der Waals surface area contributed by atoms with Crippen LogP contribution in [0.25, 0.3) is 0 Å². The van der Waals surface area contributed by atoms with Crippen LogP contribution < -0.4 is 15.4 Å². The number of carbonyl (C=O) groups excluding carboxylic acids is 1. The first-order valence-corrected chi connectivity index (χ1v) is 12.7. The van der Waals surface area contributed by atoms with Crippen molar-refractivity contribution in [2.24, 2.45) is 10.9 Å². The zero-order valence-corrected chi connectivity index (χ0v) is 19.7. The van der Waals surface area contributed by atoms with Crippen molar-refractivity contribution in [2.45, 2.75) is 71.4 Å². The second-order valence-corrected chi connectivity index (χ2v) is 11.1. The van der Waals surface area contributed by atoms with Crippen LogP contribution >= 0.6 is 0 Å². The lowest BCUT2D eigenvalue weighted by Crippen LogP contribution is -2.53. The molecule has 1 aliphatic heterocycles. The maximum Gasteiger partial charge on any atom is 0.410 e. The van der Waals surface area contributed by atoms with Crippen LogP contribution in [0.2, 0.25) is 0 Å². The van der Waals surface area contributed by atoms with E-state index in [1.807, 2.05) is 27.7 Å². The van der Waals surface area contributed by atoms with Gasteiger partial charge in [0, 0.05) is 32.2 Å². The first-order valence-electron chi connectivity index (χ1n) is 11.1. The van der Waals surface area contributed by atoms with Crippen LogP contribution in [0.3, 0.4) is 0 Å². The molecule has 0 aromatic heterocycles. The van der Waals surface area contributed by atoms with Crippen molar-refractivity contribution in [1.29, 1.82) is 0 Å². The van der Waals surface area contributed by atoms with Crippen LogP contribution in [0.15, 0.2) is 4.99 Å². The van der Waals surface area contributed by atoms with E-state index in [0.29, 0.717) is 38.1 Å². The number of nitrogens with zero attached hydrogens (tertiary/aromatic N) is 2. The molecule has 1 amide bonds. The van der Waals surface area contributed by atoms with Gasteiger partial charge in [0.1, 0.15) is 5.60 Å². The number of sulfonamides is 1. The summed E-state index contributed by atoms with van der Waals surface area (Å²) in [6, 6.07) is 0.0393. The predicted octanol–water partition coefficient (Wildman–Crippen LogP) is 1.66. The van der Waals surface area contributed by atoms with E-state index in [0.717, 1.165) is 25.7 Å². The molecule has 0 bridgehead atoms. The summed E-state index contributed by atoms with van der Waals surface area (Å²) < 4.78 is 32.5. The van der Waals surface area contributed by atoms with Gasteiger partial charge in [0.15, 0.2) is 5.96 Å². The van der Waals surface area contributed by atoms with Crippen molar-refractivity contribution in [3.8, 4) is 0 Å². The Labute approximate surface area is 181 Å². The zero-order valence-electron chi connectivity index (χ0n) is 18.9. The lowest BCUT2D eigenvalue weighted by molar-refractivity contribution is 0.0193. The lowest BCUT2D eigenvalue weighted by Gasteiger charge is -2.35. The quantitative estimate of drug-likeness (QED) is 0.387. The van der Waals surface area contributed by atoms with Crippen LogP contribution in [-0.2, 0) is 14.8 Å². The van der Waals surface area contributed by atoms with E-state index in [2.05, 4.69) is 20.3 Å². The van der Waals surface area contributed by atoms with E-state index in [4.69, 9.17) is 4.74 Å². The number of likely N-dealkylation sites (tertiary alicyclic amines) is 1. The molecule has 0 spiro atoms. The third-order valence-corrected chi connectivity index (χ3v) is 6.53. The summed E-state index contributed by atoms with van der Waals surface area (Å²) in [6.45, 7) is 10.1. The maximum atomic E-state index is 12.3. The van der Waals surface area contributed by atoms with E-state index in [9.17, 15) is 13.2 Å². The van der Waals surface area contributed by atoms with Gasteiger partial charge in [-0.15, -0.1) is 0 Å². The van der Waals surface area contributed by atoms with Crippen molar-refractivity contribution in [1.82, 2.24) is 20.3 Å². The average Bonchev–Trinajstić information content (AvgIpc) is 2.59. The minimum Gasteiger partial charge on any atom is -0.444 e. The van der Waals surface area contributed by atoms with Gasteiger partial charge in [-0.05, 0) is 59.3 Å². The van der Waals surface area contributed by atoms with E-state index in [1.54, 1.807) is 4.90 Å². The Morgan fingerprint density at radius 3 is 2.53 bits per heavy atom. The number of amides is 1. The minimum absolute atomic E-state index is 0.0367. The van der Waals surface area contributed by atoms with Gasteiger partial charge < -0.3 is 20.3 Å². The summed E-state index contributed by atoms with van der Waals surface area (Å²) >= 11 is 0. The van der Waals surface area contributed by atoms with E-state index in [1.165, 1.54) is 6.42 Å². The van der Waals surface area contributed by atoms with E-state index >= 15 is 0 Å². The second kappa shape index (κ2) is 11.2. The Morgan fingerprint density at radius 2 is 1.93 bits per heavy atom. The van der Waals surface area contributed by atoms with E-state index in [-0.39, 0.29) is 24.4 Å². The number of carbonyl (C=O) groups is 1. The molecule has 3 N–H and O–H groups in total. The van der Waals surface area contributed by atoms with Crippen LogP contribution in [0.5, 0.6) is 0 Å². The molecule has 0 aromatic carbocycles. The molecular weight excluding hydrogens is 406 g/mol. The Balaban J connectivity index is 1.83. The fraction of sp³-hybridized carbons (Fsp3) is 0.900. The van der Waals surface area contributed by atoms with Crippen molar-refractivity contribution in [3.63, 3.8) is 0 Å². The number of aliphatic imine (C=N–C) groups is 1. The molecule has 1 heterocycles. The molecule has 1 atom stereocenters. The van der Waals surface area contributed by atoms with Gasteiger partial charge in [0.2, 0.25) is 10.0 Å². The third-order valence-electron chi connectivity index (χ3n) is 5.20. The summed E-state index contributed by atoms with van der Waals surface area (Å²) in [5, 5.41) is 6.49. The Kier molecular flexibility index (Phi) is 9.21. The molecule has 9 nitrogen and oxygen atoms in total. The fourth-order valence-electron chi connectivity index (χ4n) is 3.39. The number of guanidine groups is 1. The van der Waals surface area contributed by atoms with Gasteiger partial charge in [-0.3, -0.25) is 4.99 Å². The summed E-state index contributed by atoms with van der Waals surface area (Å²) in [5.74, 6) is 1.02. The number of nitrogens with one attached hydrogen (secondary N) is 3. The number of hydrogen-bond donors (Lipinski definition) is 3. The Morgan fingerprint density at radius 1 is 1.20 bits per heavy atom. The molecule has 0 aromatic rings. The van der Waals surface area contributed by atoms with Crippen molar-refractivity contribution >= 4 is 22.1 Å². The average molecular weight is 446 g/mol. The number of rotatable bonds is 8. The van der Waals surface area contributed by atoms with Crippen molar-refractivity contribution in [2.75, 3.05) is 38.5 Å². The highest BCUT2D eigenvalue weighted by molar-refractivity contribution is 7.89. The van der Waals surface area contributed by atoms with Gasteiger partial charge in [0.25, 0.3) is 0 Å². The number of hydrogen-bond acceptors (Lipinski definition) is 5. The predicted molar refractivity (Wildman–Crippen MR) is 119 cm³/mol. The van der Waals surface area contributed by atoms with Gasteiger partial charge in [-0.25, -0.2) is 17.9 Å². The molecule has 1 unspecified atom stereocenters. The summed E-state index contributed by atoms with van der Waals surface area (Å²) in [6.07, 6.45) is 4.88. The maximum absolute atomic E-state index is 12.3. The molecule has 2 fully saturated rings. The summed E-state index contributed by atoms with van der Waals surface area (Å²) in [4.78, 5) is 18.5. The second-order valence-electron chi connectivity index (χ2n) is 9.13. The molecule has 1 saturated heterocycles. The van der Waals surface area contributed by atoms with Crippen LogP contribution in [-0.4, -0.2) is 75.5 Å². The van der Waals surface area contributed by atoms with Gasteiger partial charge >= 0.3 is 6.09 Å². The minimum atomic E-state index is -3.32.